The molecule has 0 heterocycles. The van der Waals surface area contributed by atoms with E-state index in [2.05, 4.69) is 0 Å². The van der Waals surface area contributed by atoms with E-state index in [9.17, 15) is 9.59 Å². The minimum atomic E-state index is -0.920. The molecule has 0 spiro atoms. The monoisotopic (exact) mass is 283 g/mol. The number of carbonyl (C=O) groups is 2. The Balaban J connectivity index is 4.88. The maximum absolute atomic E-state index is 12.5. The Morgan fingerprint density at radius 1 is 1.30 bits per heavy atom. The number of nitrogens with zero attached hydrogens (tertiary/aromatic N) is 3. The van der Waals surface area contributed by atoms with E-state index in [1.807, 2.05) is 26.8 Å². The third-order valence-corrected chi connectivity index (χ3v) is 2.94. The van der Waals surface area contributed by atoms with Crippen molar-refractivity contribution in [3.8, 4) is 6.07 Å². The first-order valence-electron chi connectivity index (χ1n) is 6.97. The largest absolute Gasteiger partial charge is 0.481 e. The van der Waals surface area contributed by atoms with Crippen molar-refractivity contribution in [1.29, 1.82) is 5.26 Å². The van der Waals surface area contributed by atoms with E-state index >= 15 is 0 Å². The quantitative estimate of drug-likeness (QED) is 0.739. The molecule has 0 aliphatic rings. The lowest BCUT2D eigenvalue weighted by molar-refractivity contribution is -0.138. The highest BCUT2D eigenvalue weighted by Crippen LogP contribution is 2.10. The Bertz CT molecular complexity index is 363. The Kier molecular flexibility index (Phi) is 8.37. The molecule has 6 nitrogen and oxygen atoms in total. The zero-order valence-electron chi connectivity index (χ0n) is 12.8. The van der Waals surface area contributed by atoms with Crippen LogP contribution < -0.4 is 0 Å². The second kappa shape index (κ2) is 9.18. The molecule has 0 rings (SSSR count). The number of carboxylic acid groups (broad SMARTS) is 1. The first-order chi connectivity index (χ1) is 9.33. The number of amides is 2. The maximum Gasteiger partial charge on any atom is 0.320 e. The number of aliphatic carboxylic acids is 1. The smallest absolute Gasteiger partial charge is 0.320 e. The van der Waals surface area contributed by atoms with Gasteiger partial charge in [0.25, 0.3) is 0 Å². The SMILES string of the molecule is CCN(C(=O)N(CCC#N)CC(C)C)C(C)CC(=O)O. The topological polar surface area (TPSA) is 84.6 Å². The summed E-state index contributed by atoms with van der Waals surface area (Å²) in [4.78, 5) is 26.5. The van der Waals surface area contributed by atoms with Gasteiger partial charge < -0.3 is 14.9 Å². The van der Waals surface area contributed by atoms with Gasteiger partial charge in [-0.2, -0.15) is 5.26 Å². The van der Waals surface area contributed by atoms with Gasteiger partial charge in [0.1, 0.15) is 0 Å². The normalized spacial score (nSPS) is 11.8. The van der Waals surface area contributed by atoms with Crippen LogP contribution >= 0.6 is 0 Å². The summed E-state index contributed by atoms with van der Waals surface area (Å²) in [5.74, 6) is -0.623. The van der Waals surface area contributed by atoms with E-state index in [4.69, 9.17) is 10.4 Å². The van der Waals surface area contributed by atoms with Crippen LogP contribution in [0.25, 0.3) is 0 Å². The molecule has 0 fully saturated rings. The number of hydrogen-bond acceptors (Lipinski definition) is 3. The summed E-state index contributed by atoms with van der Waals surface area (Å²) in [6.45, 7) is 8.96. The van der Waals surface area contributed by atoms with Crippen LogP contribution in [0.3, 0.4) is 0 Å². The van der Waals surface area contributed by atoms with E-state index in [1.54, 1.807) is 16.7 Å². The van der Waals surface area contributed by atoms with Crippen LogP contribution in [0.4, 0.5) is 4.79 Å². The maximum atomic E-state index is 12.5. The van der Waals surface area contributed by atoms with Gasteiger partial charge in [0, 0.05) is 25.7 Å². The minimum Gasteiger partial charge on any atom is -0.481 e. The van der Waals surface area contributed by atoms with Gasteiger partial charge in [-0.3, -0.25) is 4.79 Å². The Morgan fingerprint density at radius 2 is 1.90 bits per heavy atom. The molecule has 1 unspecified atom stereocenters. The minimum absolute atomic E-state index is 0.0760. The highest BCUT2D eigenvalue weighted by Gasteiger charge is 2.25. The summed E-state index contributed by atoms with van der Waals surface area (Å²) >= 11 is 0. The molecule has 0 aromatic carbocycles. The van der Waals surface area contributed by atoms with Crippen molar-refractivity contribution in [2.24, 2.45) is 5.92 Å². The van der Waals surface area contributed by atoms with Gasteiger partial charge in [0.2, 0.25) is 0 Å². The van der Waals surface area contributed by atoms with E-state index in [1.165, 1.54) is 0 Å². The predicted octanol–water partition coefficient (Wildman–Crippen LogP) is 2.16. The standard InChI is InChI=1S/C14H25N3O3/c1-5-17(12(4)9-13(18)19)14(20)16(8-6-7-15)10-11(2)3/h11-12H,5-6,8-10H2,1-4H3,(H,18,19). The molecule has 1 atom stereocenters. The number of hydrogen-bond donors (Lipinski definition) is 1. The lowest BCUT2D eigenvalue weighted by Crippen LogP contribution is -2.49. The molecule has 114 valence electrons. The van der Waals surface area contributed by atoms with Crippen LogP contribution in [0.5, 0.6) is 0 Å². The van der Waals surface area contributed by atoms with Gasteiger partial charge in [-0.1, -0.05) is 13.8 Å². The van der Waals surface area contributed by atoms with Crippen LogP contribution in [0.1, 0.15) is 40.5 Å². The van der Waals surface area contributed by atoms with Gasteiger partial charge in [0.15, 0.2) is 0 Å². The molecule has 0 saturated carbocycles. The summed E-state index contributed by atoms with van der Waals surface area (Å²) in [5, 5.41) is 17.5. The molecular formula is C14H25N3O3. The predicted molar refractivity (Wildman–Crippen MR) is 76.1 cm³/mol. The molecule has 20 heavy (non-hydrogen) atoms. The molecule has 1 N–H and O–H groups in total. The molecule has 0 bridgehead atoms. The van der Waals surface area contributed by atoms with Crippen molar-refractivity contribution in [2.75, 3.05) is 19.6 Å². The summed E-state index contributed by atoms with van der Waals surface area (Å²) in [6.07, 6.45) is 0.205. The van der Waals surface area contributed by atoms with Crippen molar-refractivity contribution >= 4 is 12.0 Å². The molecule has 0 aliphatic heterocycles. The van der Waals surface area contributed by atoms with Crippen LogP contribution in [-0.4, -0.2) is 52.6 Å². The average Bonchev–Trinajstić information content (AvgIpc) is 2.33. The zero-order chi connectivity index (χ0) is 15.7. The molecule has 6 heteroatoms. The Labute approximate surface area is 121 Å². The summed E-state index contributed by atoms with van der Waals surface area (Å²) in [6, 6.07) is 1.49. The second-order valence-electron chi connectivity index (χ2n) is 5.26. The summed E-state index contributed by atoms with van der Waals surface area (Å²) in [7, 11) is 0. The first kappa shape index (κ1) is 18.2. The Morgan fingerprint density at radius 3 is 2.30 bits per heavy atom. The lowest BCUT2D eigenvalue weighted by atomic mass is 10.2. The van der Waals surface area contributed by atoms with Crippen molar-refractivity contribution in [3.63, 3.8) is 0 Å². The van der Waals surface area contributed by atoms with E-state index in [-0.39, 0.29) is 24.9 Å². The molecule has 0 aromatic rings. The first-order valence-corrected chi connectivity index (χ1v) is 6.97. The van der Waals surface area contributed by atoms with E-state index in [0.717, 1.165) is 0 Å². The van der Waals surface area contributed by atoms with Gasteiger partial charge >= 0.3 is 12.0 Å². The third kappa shape index (κ3) is 6.41. The number of urea groups is 1. The van der Waals surface area contributed by atoms with Crippen molar-refractivity contribution < 1.29 is 14.7 Å². The van der Waals surface area contributed by atoms with Crippen LogP contribution in [0, 0.1) is 17.2 Å². The lowest BCUT2D eigenvalue weighted by Gasteiger charge is -2.34. The Hall–Kier alpha value is -1.77. The average molecular weight is 283 g/mol. The van der Waals surface area contributed by atoms with Crippen LogP contribution in [0.15, 0.2) is 0 Å². The molecular weight excluding hydrogens is 258 g/mol. The third-order valence-electron chi connectivity index (χ3n) is 2.94. The zero-order valence-corrected chi connectivity index (χ0v) is 12.8. The molecule has 2 amide bonds. The van der Waals surface area contributed by atoms with E-state index < -0.39 is 5.97 Å². The van der Waals surface area contributed by atoms with Gasteiger partial charge in [-0.05, 0) is 19.8 Å². The van der Waals surface area contributed by atoms with Crippen LogP contribution in [0.2, 0.25) is 0 Å². The summed E-state index contributed by atoms with van der Waals surface area (Å²) < 4.78 is 0. The van der Waals surface area contributed by atoms with Crippen molar-refractivity contribution in [3.05, 3.63) is 0 Å². The fraction of sp³-hybridized carbons (Fsp3) is 0.786. The molecule has 0 radical (unpaired) electrons. The molecule has 0 aromatic heterocycles. The van der Waals surface area contributed by atoms with Gasteiger partial charge in [-0.25, -0.2) is 4.79 Å². The summed E-state index contributed by atoms with van der Waals surface area (Å²) in [5.41, 5.74) is 0. The van der Waals surface area contributed by atoms with Gasteiger partial charge in [-0.15, -0.1) is 0 Å². The highest BCUT2D eigenvalue weighted by molar-refractivity contribution is 5.76. The fourth-order valence-corrected chi connectivity index (χ4v) is 2.07. The van der Waals surface area contributed by atoms with Gasteiger partial charge in [0.05, 0.1) is 18.9 Å². The number of carboxylic acids is 1. The fourth-order valence-electron chi connectivity index (χ4n) is 2.07. The number of rotatable bonds is 8. The molecule has 0 aliphatic carbocycles. The van der Waals surface area contributed by atoms with Crippen molar-refractivity contribution in [1.82, 2.24) is 9.80 Å². The number of nitriles is 1. The molecule has 0 saturated heterocycles. The second-order valence-corrected chi connectivity index (χ2v) is 5.26. The van der Waals surface area contributed by atoms with Crippen LogP contribution in [-0.2, 0) is 4.79 Å². The van der Waals surface area contributed by atoms with E-state index in [0.29, 0.717) is 25.6 Å². The highest BCUT2D eigenvalue weighted by atomic mass is 16.4. The number of carbonyl (C=O) groups excluding carboxylic acids is 1. The van der Waals surface area contributed by atoms with Crippen molar-refractivity contribution in [2.45, 2.75) is 46.6 Å².